The molecule has 0 amide bonds. The Morgan fingerprint density at radius 2 is 2.21 bits per heavy atom. The first-order valence-corrected chi connectivity index (χ1v) is 6.77. The van der Waals surface area contributed by atoms with Crippen LogP contribution in [0.3, 0.4) is 0 Å². The van der Waals surface area contributed by atoms with Crippen LogP contribution in [-0.2, 0) is 0 Å². The third-order valence-corrected chi connectivity index (χ3v) is 4.03. The number of hydrogen-bond acceptors (Lipinski definition) is 4. The number of nitriles is 1. The maximum atomic E-state index is 11.0. The Labute approximate surface area is 122 Å². The number of nitrogens with zero attached hydrogens (tertiary/aromatic N) is 2. The molecular formula is C13H7BrN2O2S. The number of hydrogen-bond donors (Lipinski definition) is 1. The smallest absolute Gasteiger partial charge is 0.336 e. The molecule has 19 heavy (non-hydrogen) atoms. The monoisotopic (exact) mass is 334 g/mol. The van der Waals surface area contributed by atoms with Gasteiger partial charge < -0.3 is 5.11 Å². The SMILES string of the molecule is N#Cc1ccncc1Sc1ccc(Br)c(C(=O)O)c1. The fraction of sp³-hybridized carbons (Fsp3) is 0. The van der Waals surface area contributed by atoms with Crippen molar-refractivity contribution in [3.05, 3.63) is 52.3 Å². The minimum Gasteiger partial charge on any atom is -0.478 e. The van der Waals surface area contributed by atoms with Crippen LogP contribution in [0.2, 0.25) is 0 Å². The number of aromatic carboxylic acids is 1. The van der Waals surface area contributed by atoms with Crippen molar-refractivity contribution in [2.24, 2.45) is 0 Å². The van der Waals surface area contributed by atoms with Gasteiger partial charge in [0.1, 0.15) is 6.07 Å². The molecule has 0 fully saturated rings. The van der Waals surface area contributed by atoms with Gasteiger partial charge in [-0.15, -0.1) is 0 Å². The van der Waals surface area contributed by atoms with E-state index in [9.17, 15) is 4.79 Å². The lowest BCUT2D eigenvalue weighted by atomic mass is 10.2. The second-order valence-corrected chi connectivity index (χ2v) is 5.50. The molecule has 0 spiro atoms. The molecule has 0 bridgehead atoms. The van der Waals surface area contributed by atoms with Gasteiger partial charge in [0.2, 0.25) is 0 Å². The third-order valence-electron chi connectivity index (χ3n) is 2.30. The standard InChI is InChI=1S/C13H7BrN2O2S/c14-11-2-1-9(5-10(11)13(17)18)19-12-7-16-4-3-8(12)6-15/h1-5,7H,(H,17,18). The lowest BCUT2D eigenvalue weighted by Crippen LogP contribution is -1.97. The van der Waals surface area contributed by atoms with E-state index in [-0.39, 0.29) is 5.56 Å². The van der Waals surface area contributed by atoms with Crippen molar-refractivity contribution in [1.29, 1.82) is 5.26 Å². The molecule has 1 heterocycles. The molecule has 1 aromatic heterocycles. The van der Waals surface area contributed by atoms with E-state index in [2.05, 4.69) is 27.0 Å². The maximum absolute atomic E-state index is 11.0. The summed E-state index contributed by atoms with van der Waals surface area (Å²) >= 11 is 4.50. The zero-order valence-electron chi connectivity index (χ0n) is 9.50. The molecule has 0 saturated heterocycles. The summed E-state index contributed by atoms with van der Waals surface area (Å²) in [5.41, 5.74) is 0.701. The van der Waals surface area contributed by atoms with Gasteiger partial charge >= 0.3 is 5.97 Å². The summed E-state index contributed by atoms with van der Waals surface area (Å²) in [6, 6.07) is 8.73. The van der Waals surface area contributed by atoms with Gasteiger partial charge in [0, 0.05) is 26.7 Å². The minimum absolute atomic E-state index is 0.187. The number of carbonyl (C=O) groups is 1. The fourth-order valence-corrected chi connectivity index (χ4v) is 2.73. The number of benzene rings is 1. The molecule has 0 aliphatic carbocycles. The zero-order chi connectivity index (χ0) is 13.8. The van der Waals surface area contributed by atoms with Crippen LogP contribution in [0.4, 0.5) is 0 Å². The summed E-state index contributed by atoms with van der Waals surface area (Å²) in [5, 5.41) is 18.0. The lowest BCUT2D eigenvalue weighted by molar-refractivity contribution is 0.0695. The maximum Gasteiger partial charge on any atom is 0.336 e. The van der Waals surface area contributed by atoms with Gasteiger partial charge in [-0.1, -0.05) is 11.8 Å². The van der Waals surface area contributed by atoms with E-state index in [0.717, 1.165) is 4.90 Å². The summed E-state index contributed by atoms with van der Waals surface area (Å²) in [5.74, 6) is -0.999. The summed E-state index contributed by atoms with van der Waals surface area (Å²) in [6.07, 6.45) is 3.14. The van der Waals surface area contributed by atoms with E-state index >= 15 is 0 Å². The van der Waals surface area contributed by atoms with Crippen molar-refractivity contribution < 1.29 is 9.90 Å². The molecule has 4 nitrogen and oxygen atoms in total. The molecular weight excluding hydrogens is 328 g/mol. The number of carboxylic acid groups (broad SMARTS) is 1. The molecule has 0 radical (unpaired) electrons. The molecule has 0 unspecified atom stereocenters. The molecule has 0 aliphatic rings. The molecule has 6 heteroatoms. The normalized spacial score (nSPS) is 9.89. The van der Waals surface area contributed by atoms with Crippen LogP contribution in [0.15, 0.2) is 50.9 Å². The van der Waals surface area contributed by atoms with Crippen LogP contribution in [-0.4, -0.2) is 16.1 Å². The van der Waals surface area contributed by atoms with Crippen LogP contribution in [0, 0.1) is 11.3 Å². The Kier molecular flexibility index (Phi) is 4.20. The first-order chi connectivity index (χ1) is 9.11. The summed E-state index contributed by atoms with van der Waals surface area (Å²) in [7, 11) is 0. The minimum atomic E-state index is -0.999. The second-order valence-electron chi connectivity index (χ2n) is 3.53. The first kappa shape index (κ1) is 13.6. The van der Waals surface area contributed by atoms with Crippen LogP contribution < -0.4 is 0 Å². The molecule has 2 aromatic rings. The average molecular weight is 335 g/mol. The molecule has 1 N–H and O–H groups in total. The molecule has 2 rings (SSSR count). The van der Waals surface area contributed by atoms with Gasteiger partial charge in [-0.25, -0.2) is 4.79 Å². The molecule has 94 valence electrons. The highest BCUT2D eigenvalue weighted by molar-refractivity contribution is 9.10. The van der Waals surface area contributed by atoms with Gasteiger partial charge in [0.25, 0.3) is 0 Å². The average Bonchev–Trinajstić information content (AvgIpc) is 2.41. The van der Waals surface area contributed by atoms with Crippen LogP contribution in [0.25, 0.3) is 0 Å². The number of pyridine rings is 1. The first-order valence-electron chi connectivity index (χ1n) is 5.16. The van der Waals surface area contributed by atoms with E-state index in [0.29, 0.717) is 14.9 Å². The third kappa shape index (κ3) is 3.13. The van der Waals surface area contributed by atoms with Crippen molar-refractivity contribution >= 4 is 33.7 Å². The van der Waals surface area contributed by atoms with Crippen LogP contribution in [0.5, 0.6) is 0 Å². The predicted octanol–water partition coefficient (Wildman–Crippen LogP) is 3.57. The summed E-state index contributed by atoms with van der Waals surface area (Å²) in [6.45, 7) is 0. The highest BCUT2D eigenvalue weighted by Gasteiger charge is 2.11. The Balaban J connectivity index is 2.37. The van der Waals surface area contributed by atoms with Crippen LogP contribution >= 0.6 is 27.7 Å². The van der Waals surface area contributed by atoms with E-state index in [1.54, 1.807) is 36.7 Å². The topological polar surface area (TPSA) is 74.0 Å². The number of aromatic nitrogens is 1. The van der Waals surface area contributed by atoms with Crippen molar-refractivity contribution in [2.75, 3.05) is 0 Å². The number of halogens is 1. The number of rotatable bonds is 3. The van der Waals surface area contributed by atoms with E-state index in [4.69, 9.17) is 10.4 Å². The van der Waals surface area contributed by atoms with E-state index < -0.39 is 5.97 Å². The van der Waals surface area contributed by atoms with Gasteiger partial charge in [-0.3, -0.25) is 4.98 Å². The highest BCUT2D eigenvalue weighted by atomic mass is 79.9. The van der Waals surface area contributed by atoms with E-state index in [1.165, 1.54) is 11.8 Å². The second kappa shape index (κ2) is 5.87. The van der Waals surface area contributed by atoms with Crippen molar-refractivity contribution in [3.8, 4) is 6.07 Å². The quantitative estimate of drug-likeness (QED) is 0.928. The van der Waals surface area contributed by atoms with Gasteiger partial charge in [0.05, 0.1) is 11.1 Å². The largest absolute Gasteiger partial charge is 0.478 e. The molecule has 1 aromatic carbocycles. The lowest BCUT2D eigenvalue weighted by Gasteiger charge is -2.05. The molecule has 0 saturated carbocycles. The van der Waals surface area contributed by atoms with Gasteiger partial charge in [0.15, 0.2) is 0 Å². The Bertz CT molecular complexity index is 683. The number of carboxylic acids is 1. The Morgan fingerprint density at radius 3 is 2.89 bits per heavy atom. The summed E-state index contributed by atoms with van der Waals surface area (Å²) in [4.78, 5) is 16.5. The zero-order valence-corrected chi connectivity index (χ0v) is 11.9. The predicted molar refractivity (Wildman–Crippen MR) is 74.2 cm³/mol. The van der Waals surface area contributed by atoms with Gasteiger partial charge in [-0.2, -0.15) is 5.26 Å². The van der Waals surface area contributed by atoms with Crippen molar-refractivity contribution in [1.82, 2.24) is 4.98 Å². The Hall–Kier alpha value is -1.84. The Morgan fingerprint density at radius 1 is 1.42 bits per heavy atom. The van der Waals surface area contributed by atoms with Gasteiger partial charge in [-0.05, 0) is 40.2 Å². The van der Waals surface area contributed by atoms with Crippen LogP contribution in [0.1, 0.15) is 15.9 Å². The highest BCUT2D eigenvalue weighted by Crippen LogP contribution is 2.32. The summed E-state index contributed by atoms with van der Waals surface area (Å²) < 4.78 is 0.524. The molecule has 0 aliphatic heterocycles. The fourth-order valence-electron chi connectivity index (χ4n) is 1.41. The molecule has 0 atom stereocenters. The van der Waals surface area contributed by atoms with Crippen molar-refractivity contribution in [2.45, 2.75) is 9.79 Å². The van der Waals surface area contributed by atoms with Crippen molar-refractivity contribution in [3.63, 3.8) is 0 Å². The van der Waals surface area contributed by atoms with E-state index in [1.807, 2.05) is 0 Å².